The van der Waals surface area contributed by atoms with E-state index >= 15 is 0 Å². The van der Waals surface area contributed by atoms with Crippen LogP contribution in [0.5, 0.6) is 0 Å². The molecule has 0 aromatic rings. The van der Waals surface area contributed by atoms with Crippen molar-refractivity contribution in [3.63, 3.8) is 0 Å². The van der Waals surface area contributed by atoms with E-state index in [0.717, 1.165) is 12.8 Å². The van der Waals surface area contributed by atoms with Crippen LogP contribution in [-0.4, -0.2) is 22.2 Å². The van der Waals surface area contributed by atoms with Crippen molar-refractivity contribution in [1.29, 1.82) is 0 Å². The van der Waals surface area contributed by atoms with Crippen molar-refractivity contribution in [2.45, 2.75) is 12.8 Å². The molecule has 0 unspecified atom stereocenters. The molecule has 3 saturated carbocycles. The Kier molecular flexibility index (Phi) is 1.40. The summed E-state index contributed by atoms with van der Waals surface area (Å²) in [6, 6.07) is 0. The second-order valence-corrected chi connectivity index (χ2v) is 3.63. The monoisotopic (exact) mass is 170 g/mol. The van der Waals surface area contributed by atoms with Gasteiger partial charge in [0.25, 0.3) is 0 Å². The van der Waals surface area contributed by atoms with Crippen LogP contribution in [0.1, 0.15) is 12.8 Å². The minimum absolute atomic E-state index is 0.0926. The second kappa shape index (κ2) is 2.21. The van der Waals surface area contributed by atoms with E-state index in [2.05, 4.69) is 0 Å². The molecule has 0 aromatic carbocycles. The molecule has 3 fully saturated rings. The first kappa shape index (κ1) is 7.58. The molecule has 0 aliphatic heterocycles. The summed E-state index contributed by atoms with van der Waals surface area (Å²) in [5.74, 6) is -2.56. The van der Waals surface area contributed by atoms with Crippen LogP contribution >= 0.6 is 0 Å². The molecule has 3 aliphatic rings. The summed E-state index contributed by atoms with van der Waals surface area (Å²) in [5, 5.41) is 17.4. The third-order valence-corrected chi connectivity index (χ3v) is 3.25. The van der Waals surface area contributed by atoms with Crippen molar-refractivity contribution in [2.75, 3.05) is 0 Å². The summed E-state index contributed by atoms with van der Waals surface area (Å²) in [6.45, 7) is 0. The van der Waals surface area contributed by atoms with Crippen LogP contribution in [0.25, 0.3) is 0 Å². The van der Waals surface area contributed by atoms with Crippen LogP contribution in [0.2, 0.25) is 0 Å². The van der Waals surface area contributed by atoms with Crippen molar-refractivity contribution >= 4 is 11.9 Å². The average molecular weight is 170 g/mol. The number of hydrogen-bond acceptors (Lipinski definition) is 2. The van der Waals surface area contributed by atoms with Gasteiger partial charge in [-0.25, -0.2) is 0 Å². The van der Waals surface area contributed by atoms with Gasteiger partial charge in [-0.2, -0.15) is 0 Å². The predicted molar refractivity (Wildman–Crippen MR) is 38.5 cm³/mol. The number of fused-ring (bicyclic) bond motifs is 1. The Morgan fingerprint density at radius 1 is 0.917 bits per heavy atom. The van der Waals surface area contributed by atoms with E-state index < -0.39 is 11.9 Å². The van der Waals surface area contributed by atoms with Crippen LogP contribution in [0.15, 0.2) is 0 Å². The standard InChI is InChI=1S/C8H10O4/c9-7(10)5-3-1-2-4(5)6(3)8(11)12/h3-6H,1-2H2,(H,9,10)(H,11,12). The van der Waals surface area contributed by atoms with Gasteiger partial charge in [0.05, 0.1) is 11.8 Å². The highest BCUT2D eigenvalue weighted by Gasteiger charge is 2.61. The highest BCUT2D eigenvalue weighted by molar-refractivity contribution is 5.80. The number of carboxylic acids is 2. The van der Waals surface area contributed by atoms with Gasteiger partial charge < -0.3 is 10.2 Å². The average Bonchev–Trinajstić information content (AvgIpc) is 2.39. The number of rotatable bonds is 2. The van der Waals surface area contributed by atoms with Gasteiger partial charge in [0, 0.05) is 0 Å². The molecule has 4 nitrogen and oxygen atoms in total. The molecular formula is C8H10O4. The lowest BCUT2D eigenvalue weighted by atomic mass is 9.63. The molecule has 66 valence electrons. The molecule has 12 heavy (non-hydrogen) atoms. The summed E-state index contributed by atoms with van der Waals surface area (Å²) in [4.78, 5) is 21.2. The first-order chi connectivity index (χ1) is 5.63. The molecule has 0 saturated heterocycles. The number of carboxylic acid groups (broad SMARTS) is 2. The van der Waals surface area contributed by atoms with Gasteiger partial charge in [0.15, 0.2) is 0 Å². The lowest BCUT2D eigenvalue weighted by Gasteiger charge is -2.38. The molecule has 0 heterocycles. The predicted octanol–water partition coefficient (Wildman–Crippen LogP) is 0.428. The molecule has 0 radical (unpaired) electrons. The molecule has 2 N–H and O–H groups in total. The summed E-state index contributed by atoms with van der Waals surface area (Å²) in [6.07, 6.45) is 1.55. The minimum Gasteiger partial charge on any atom is -0.481 e. The molecular weight excluding hydrogens is 160 g/mol. The first-order valence-corrected chi connectivity index (χ1v) is 4.08. The first-order valence-electron chi connectivity index (χ1n) is 4.08. The van der Waals surface area contributed by atoms with Crippen LogP contribution < -0.4 is 0 Å². The molecule has 4 heteroatoms. The van der Waals surface area contributed by atoms with Crippen molar-refractivity contribution in [3.8, 4) is 0 Å². The Morgan fingerprint density at radius 2 is 1.25 bits per heavy atom. The Labute approximate surface area is 69.2 Å². The fourth-order valence-electron chi connectivity index (χ4n) is 2.77. The Hall–Kier alpha value is -1.06. The van der Waals surface area contributed by atoms with Crippen molar-refractivity contribution in [2.24, 2.45) is 23.7 Å². The molecule has 3 aliphatic carbocycles. The highest BCUT2D eigenvalue weighted by atomic mass is 16.4. The molecule has 3 rings (SSSR count). The van der Waals surface area contributed by atoms with E-state index in [1.807, 2.05) is 0 Å². The largest absolute Gasteiger partial charge is 0.481 e. The number of hydrogen-bond donors (Lipinski definition) is 2. The number of aliphatic carboxylic acids is 2. The lowest BCUT2D eigenvalue weighted by molar-refractivity contribution is -0.164. The van der Waals surface area contributed by atoms with Gasteiger partial charge in [-0.15, -0.1) is 0 Å². The third kappa shape index (κ3) is 0.722. The lowest BCUT2D eigenvalue weighted by Crippen LogP contribution is -2.47. The van der Waals surface area contributed by atoms with Crippen LogP contribution in [0.4, 0.5) is 0 Å². The van der Waals surface area contributed by atoms with Gasteiger partial charge in [0.2, 0.25) is 0 Å². The maximum atomic E-state index is 10.6. The molecule has 0 amide bonds. The zero-order chi connectivity index (χ0) is 8.88. The Morgan fingerprint density at radius 3 is 1.50 bits per heavy atom. The highest BCUT2D eigenvalue weighted by Crippen LogP contribution is 2.58. The zero-order valence-corrected chi connectivity index (χ0v) is 6.43. The van der Waals surface area contributed by atoms with E-state index in [1.165, 1.54) is 0 Å². The smallest absolute Gasteiger partial charge is 0.307 e. The summed E-state index contributed by atoms with van der Waals surface area (Å²) >= 11 is 0. The quantitative estimate of drug-likeness (QED) is 0.630. The third-order valence-electron chi connectivity index (χ3n) is 3.25. The van der Waals surface area contributed by atoms with Crippen LogP contribution in [0, 0.1) is 23.7 Å². The van der Waals surface area contributed by atoms with Gasteiger partial charge in [-0.3, -0.25) is 9.59 Å². The maximum absolute atomic E-state index is 10.6. The van der Waals surface area contributed by atoms with Crippen molar-refractivity contribution in [3.05, 3.63) is 0 Å². The summed E-state index contributed by atoms with van der Waals surface area (Å²) < 4.78 is 0. The van der Waals surface area contributed by atoms with E-state index in [4.69, 9.17) is 10.2 Å². The molecule has 2 bridgehead atoms. The zero-order valence-electron chi connectivity index (χ0n) is 6.43. The van der Waals surface area contributed by atoms with Crippen molar-refractivity contribution < 1.29 is 19.8 Å². The van der Waals surface area contributed by atoms with Gasteiger partial charge in [0.1, 0.15) is 0 Å². The van der Waals surface area contributed by atoms with Gasteiger partial charge in [-0.1, -0.05) is 0 Å². The van der Waals surface area contributed by atoms with Gasteiger partial charge in [-0.05, 0) is 24.7 Å². The van der Waals surface area contributed by atoms with Crippen molar-refractivity contribution in [1.82, 2.24) is 0 Å². The van der Waals surface area contributed by atoms with E-state index in [-0.39, 0.29) is 23.7 Å². The van der Waals surface area contributed by atoms with Crippen LogP contribution in [0.3, 0.4) is 0 Å². The normalized spacial score (nSPS) is 43.7. The topological polar surface area (TPSA) is 74.6 Å². The maximum Gasteiger partial charge on any atom is 0.307 e. The Bertz CT molecular complexity index is 213. The molecule has 0 spiro atoms. The second-order valence-electron chi connectivity index (χ2n) is 3.63. The fraction of sp³-hybridized carbons (Fsp3) is 0.750. The summed E-state index contributed by atoms with van der Waals surface area (Å²) in [7, 11) is 0. The SMILES string of the molecule is O=C(O)C1C2CCC1C2C(=O)O. The van der Waals surface area contributed by atoms with Crippen LogP contribution in [-0.2, 0) is 9.59 Å². The fourth-order valence-corrected chi connectivity index (χ4v) is 2.77. The minimum atomic E-state index is -0.819. The van der Waals surface area contributed by atoms with Gasteiger partial charge >= 0.3 is 11.9 Å². The Balaban J connectivity index is 2.13. The van der Waals surface area contributed by atoms with E-state index in [1.54, 1.807) is 0 Å². The van der Waals surface area contributed by atoms with E-state index in [0.29, 0.717) is 0 Å². The molecule has 0 aromatic heterocycles. The molecule has 0 atom stereocenters. The number of carbonyl (C=O) groups is 2. The van der Waals surface area contributed by atoms with E-state index in [9.17, 15) is 9.59 Å². The summed E-state index contributed by atoms with van der Waals surface area (Å²) in [5.41, 5.74) is 0.